The number of halogens is 1. The van der Waals surface area contributed by atoms with E-state index in [1.54, 1.807) is 75.1 Å². The van der Waals surface area contributed by atoms with Crippen LogP contribution in [0.25, 0.3) is 5.69 Å². The van der Waals surface area contributed by atoms with E-state index in [1.165, 1.54) is 6.07 Å². The number of nitrogens with zero attached hydrogens (tertiary/aromatic N) is 2. The Hall–Kier alpha value is -2.99. The molecule has 28 heavy (non-hydrogen) atoms. The molecular formula is C22H23FN2O3. The van der Waals surface area contributed by atoms with Crippen LogP contribution >= 0.6 is 0 Å². The lowest BCUT2D eigenvalue weighted by molar-refractivity contribution is 0.0693. The summed E-state index contributed by atoms with van der Waals surface area (Å²) >= 11 is 0. The van der Waals surface area contributed by atoms with Gasteiger partial charge in [-0.3, -0.25) is 0 Å². The summed E-state index contributed by atoms with van der Waals surface area (Å²) in [5.41, 5.74) is 1.18. The van der Waals surface area contributed by atoms with Gasteiger partial charge in [0.25, 0.3) is 0 Å². The van der Waals surface area contributed by atoms with Gasteiger partial charge in [-0.25, -0.2) is 13.9 Å². The van der Waals surface area contributed by atoms with Crippen molar-refractivity contribution >= 4 is 5.97 Å². The second-order valence-corrected chi connectivity index (χ2v) is 7.83. The molecule has 0 saturated carbocycles. The highest BCUT2D eigenvalue weighted by Crippen LogP contribution is 2.35. The maximum Gasteiger partial charge on any atom is 0.336 e. The Kier molecular flexibility index (Phi) is 5.08. The molecule has 0 amide bonds. The maximum absolute atomic E-state index is 15.1. The Morgan fingerprint density at radius 3 is 2.36 bits per heavy atom. The van der Waals surface area contributed by atoms with E-state index in [0.717, 1.165) is 5.69 Å². The predicted octanol–water partition coefficient (Wildman–Crippen LogP) is 4.40. The predicted molar refractivity (Wildman–Crippen MR) is 104 cm³/mol. The fourth-order valence-electron chi connectivity index (χ4n) is 3.36. The van der Waals surface area contributed by atoms with E-state index in [9.17, 15) is 15.0 Å². The topological polar surface area (TPSA) is 75.3 Å². The number of aliphatic hydroxyl groups excluding tert-OH is 1. The largest absolute Gasteiger partial charge is 0.478 e. The van der Waals surface area contributed by atoms with E-state index < -0.39 is 23.3 Å². The SMILES string of the molecule is Cc1c(C(O)c2ccc(-n3cccn3)cc2)cc(C(=O)O)c(C(C)(C)C)c1F. The van der Waals surface area contributed by atoms with Gasteiger partial charge in [0.15, 0.2) is 0 Å². The van der Waals surface area contributed by atoms with Gasteiger partial charge in [-0.2, -0.15) is 5.10 Å². The fourth-order valence-corrected chi connectivity index (χ4v) is 3.36. The molecule has 3 rings (SSSR count). The van der Waals surface area contributed by atoms with Crippen LogP contribution in [0.2, 0.25) is 0 Å². The van der Waals surface area contributed by atoms with Gasteiger partial charge in [-0.05, 0) is 53.3 Å². The number of hydrogen-bond acceptors (Lipinski definition) is 3. The summed E-state index contributed by atoms with van der Waals surface area (Å²) in [6.45, 7) is 6.86. The van der Waals surface area contributed by atoms with Crippen molar-refractivity contribution in [3.8, 4) is 5.69 Å². The first-order valence-corrected chi connectivity index (χ1v) is 8.96. The van der Waals surface area contributed by atoms with Gasteiger partial charge in [-0.1, -0.05) is 32.9 Å². The minimum Gasteiger partial charge on any atom is -0.478 e. The normalized spacial score (nSPS) is 12.8. The Morgan fingerprint density at radius 1 is 1.21 bits per heavy atom. The molecule has 5 nitrogen and oxygen atoms in total. The van der Waals surface area contributed by atoms with Gasteiger partial charge in [0.05, 0.1) is 11.3 Å². The summed E-state index contributed by atoms with van der Waals surface area (Å²) in [5.74, 6) is -1.80. The van der Waals surface area contributed by atoms with Gasteiger partial charge >= 0.3 is 5.97 Å². The highest BCUT2D eigenvalue weighted by molar-refractivity contribution is 5.90. The Bertz CT molecular complexity index is 1000. The molecule has 1 heterocycles. The lowest BCUT2D eigenvalue weighted by Crippen LogP contribution is -2.21. The lowest BCUT2D eigenvalue weighted by atomic mass is 9.80. The van der Waals surface area contributed by atoms with Crippen LogP contribution in [-0.4, -0.2) is 26.0 Å². The van der Waals surface area contributed by atoms with E-state index in [1.807, 2.05) is 0 Å². The van der Waals surface area contributed by atoms with Gasteiger partial charge in [0, 0.05) is 18.0 Å². The van der Waals surface area contributed by atoms with Crippen molar-refractivity contribution in [3.05, 3.63) is 82.4 Å². The first kappa shape index (κ1) is 19.8. The van der Waals surface area contributed by atoms with Crippen molar-refractivity contribution in [2.24, 2.45) is 0 Å². The molecule has 0 aliphatic heterocycles. The highest BCUT2D eigenvalue weighted by atomic mass is 19.1. The minimum atomic E-state index is -1.22. The molecule has 1 aromatic heterocycles. The first-order chi connectivity index (χ1) is 13.1. The number of carbonyl (C=O) groups is 1. The summed E-state index contributed by atoms with van der Waals surface area (Å²) < 4.78 is 16.8. The molecule has 2 N–H and O–H groups in total. The van der Waals surface area contributed by atoms with Crippen molar-refractivity contribution < 1.29 is 19.4 Å². The minimum absolute atomic E-state index is 0.127. The molecule has 1 unspecified atom stereocenters. The van der Waals surface area contributed by atoms with Gasteiger partial charge in [0.1, 0.15) is 11.9 Å². The molecule has 2 aromatic carbocycles. The van der Waals surface area contributed by atoms with Crippen LogP contribution < -0.4 is 0 Å². The molecule has 6 heteroatoms. The standard InChI is InChI=1S/C22H23FN2O3/c1-13-16(12-17(21(27)28)18(19(13)23)22(2,3)4)20(26)14-6-8-15(9-7-14)25-11-5-10-24-25/h5-12,20,26H,1-4H3,(H,27,28). The molecule has 146 valence electrons. The average Bonchev–Trinajstić information content (AvgIpc) is 3.16. The van der Waals surface area contributed by atoms with Crippen molar-refractivity contribution in [2.45, 2.75) is 39.2 Å². The van der Waals surface area contributed by atoms with E-state index >= 15 is 4.39 Å². The zero-order chi connectivity index (χ0) is 20.6. The van der Waals surface area contributed by atoms with E-state index in [-0.39, 0.29) is 22.3 Å². The molecule has 0 saturated heterocycles. The molecule has 0 aliphatic carbocycles. The fraction of sp³-hybridized carbons (Fsp3) is 0.273. The van der Waals surface area contributed by atoms with Crippen LogP contribution in [0.4, 0.5) is 4.39 Å². The number of carboxylic acids is 1. The lowest BCUT2D eigenvalue weighted by Gasteiger charge is -2.26. The number of rotatable bonds is 4. The third kappa shape index (κ3) is 3.55. The Balaban J connectivity index is 2.07. The summed E-state index contributed by atoms with van der Waals surface area (Å²) in [7, 11) is 0. The number of benzene rings is 2. The quantitative estimate of drug-likeness (QED) is 0.701. The number of carboxylic acid groups (broad SMARTS) is 1. The highest BCUT2D eigenvalue weighted by Gasteiger charge is 2.30. The van der Waals surface area contributed by atoms with Gasteiger partial charge in [0.2, 0.25) is 0 Å². The van der Waals surface area contributed by atoms with Crippen molar-refractivity contribution in [1.29, 1.82) is 0 Å². The van der Waals surface area contributed by atoms with Gasteiger partial charge in [-0.15, -0.1) is 0 Å². The molecule has 3 aromatic rings. The number of hydrogen-bond donors (Lipinski definition) is 2. The van der Waals surface area contributed by atoms with Gasteiger partial charge < -0.3 is 10.2 Å². The van der Waals surface area contributed by atoms with Crippen LogP contribution in [-0.2, 0) is 5.41 Å². The molecule has 0 aliphatic rings. The molecule has 1 atom stereocenters. The third-order valence-electron chi connectivity index (χ3n) is 4.80. The zero-order valence-electron chi connectivity index (χ0n) is 16.3. The Labute approximate surface area is 163 Å². The monoisotopic (exact) mass is 382 g/mol. The van der Waals surface area contributed by atoms with Crippen LogP contribution in [0.5, 0.6) is 0 Å². The average molecular weight is 382 g/mol. The second-order valence-electron chi connectivity index (χ2n) is 7.83. The summed E-state index contributed by atoms with van der Waals surface area (Å²) in [4.78, 5) is 11.8. The maximum atomic E-state index is 15.1. The molecule has 0 fully saturated rings. The second kappa shape index (κ2) is 7.20. The first-order valence-electron chi connectivity index (χ1n) is 8.96. The van der Waals surface area contributed by atoms with Crippen molar-refractivity contribution in [3.63, 3.8) is 0 Å². The van der Waals surface area contributed by atoms with E-state index in [2.05, 4.69) is 5.10 Å². The smallest absolute Gasteiger partial charge is 0.336 e. The zero-order valence-corrected chi connectivity index (χ0v) is 16.3. The Morgan fingerprint density at radius 2 is 1.86 bits per heavy atom. The molecule has 0 radical (unpaired) electrons. The number of aliphatic hydroxyl groups is 1. The van der Waals surface area contributed by atoms with Crippen LogP contribution in [0, 0.1) is 12.7 Å². The van der Waals surface area contributed by atoms with E-state index in [4.69, 9.17) is 0 Å². The summed E-state index contributed by atoms with van der Waals surface area (Å²) in [6, 6.07) is 10.2. The van der Waals surface area contributed by atoms with Crippen molar-refractivity contribution in [2.75, 3.05) is 0 Å². The molecule has 0 spiro atoms. The van der Waals surface area contributed by atoms with Crippen LogP contribution in [0.15, 0.2) is 48.8 Å². The summed E-state index contributed by atoms with van der Waals surface area (Å²) in [6.07, 6.45) is 2.32. The summed E-state index contributed by atoms with van der Waals surface area (Å²) in [5, 5.41) is 24.6. The molecular weight excluding hydrogens is 359 g/mol. The van der Waals surface area contributed by atoms with Crippen molar-refractivity contribution in [1.82, 2.24) is 9.78 Å². The number of aromatic nitrogens is 2. The third-order valence-corrected chi connectivity index (χ3v) is 4.80. The molecule has 0 bridgehead atoms. The van der Waals surface area contributed by atoms with E-state index in [0.29, 0.717) is 5.56 Å². The number of aromatic carboxylic acids is 1. The van der Waals surface area contributed by atoms with Crippen LogP contribution in [0.1, 0.15) is 59.5 Å². The van der Waals surface area contributed by atoms with Crippen LogP contribution in [0.3, 0.4) is 0 Å².